The Balaban J connectivity index is 2.91. The van der Waals surface area contributed by atoms with Gasteiger partial charge in [0.25, 0.3) is 0 Å². The average molecular weight is 248 g/mol. The maximum absolute atomic E-state index is 12.8. The zero-order valence-corrected chi connectivity index (χ0v) is 8.84. The molecule has 0 aliphatic rings. The van der Waals surface area contributed by atoms with Crippen molar-refractivity contribution in [3.05, 3.63) is 34.1 Å². The van der Waals surface area contributed by atoms with E-state index in [-0.39, 0.29) is 11.9 Å². The van der Waals surface area contributed by atoms with Crippen molar-refractivity contribution < 1.29 is 9.13 Å². The van der Waals surface area contributed by atoms with Crippen LogP contribution < -0.4 is 5.73 Å². The average Bonchev–Trinajstić information content (AvgIpc) is 2.09. The third-order valence-electron chi connectivity index (χ3n) is 1.70. The minimum absolute atomic E-state index is 0.287. The lowest BCUT2D eigenvalue weighted by Crippen LogP contribution is -2.16. The Bertz CT molecular complexity index is 293. The van der Waals surface area contributed by atoms with Crippen LogP contribution >= 0.6 is 15.9 Å². The van der Waals surface area contributed by atoms with Crippen molar-refractivity contribution >= 4 is 15.9 Å². The van der Waals surface area contributed by atoms with Gasteiger partial charge in [-0.05, 0) is 23.8 Å². The molecule has 1 aromatic rings. The normalized spacial score (nSPS) is 12.9. The summed E-state index contributed by atoms with van der Waals surface area (Å²) in [6.07, 6.45) is 0. The van der Waals surface area contributed by atoms with E-state index in [1.165, 1.54) is 12.1 Å². The first-order valence-corrected chi connectivity index (χ1v) is 4.64. The van der Waals surface area contributed by atoms with Crippen molar-refractivity contribution in [1.29, 1.82) is 0 Å². The Kier molecular flexibility index (Phi) is 3.84. The zero-order valence-electron chi connectivity index (χ0n) is 7.26. The summed E-state index contributed by atoms with van der Waals surface area (Å²) in [7, 11) is 1.56. The minimum Gasteiger partial charge on any atom is -0.383 e. The number of hydrogen-bond acceptors (Lipinski definition) is 2. The molecule has 72 valence electrons. The lowest BCUT2D eigenvalue weighted by Gasteiger charge is -2.12. The molecule has 0 aliphatic carbocycles. The van der Waals surface area contributed by atoms with Crippen LogP contribution in [0, 0.1) is 5.82 Å². The maximum atomic E-state index is 12.8. The van der Waals surface area contributed by atoms with E-state index in [2.05, 4.69) is 15.9 Å². The molecule has 1 rings (SSSR count). The molecule has 13 heavy (non-hydrogen) atoms. The summed E-state index contributed by atoms with van der Waals surface area (Å²) in [6.45, 7) is 0.377. The Morgan fingerprint density at radius 1 is 1.62 bits per heavy atom. The van der Waals surface area contributed by atoms with Crippen molar-refractivity contribution in [3.8, 4) is 0 Å². The number of halogens is 2. The molecule has 0 bridgehead atoms. The van der Waals surface area contributed by atoms with E-state index < -0.39 is 0 Å². The number of rotatable bonds is 3. The molecule has 0 heterocycles. The number of hydrogen-bond donors (Lipinski definition) is 1. The molecule has 0 saturated carbocycles. The lowest BCUT2D eigenvalue weighted by atomic mass is 10.1. The minimum atomic E-state index is -0.296. The molecule has 2 nitrogen and oxygen atoms in total. The molecule has 0 unspecified atom stereocenters. The van der Waals surface area contributed by atoms with Gasteiger partial charge in [0.1, 0.15) is 5.82 Å². The summed E-state index contributed by atoms with van der Waals surface area (Å²) in [5, 5.41) is 0. The fourth-order valence-electron chi connectivity index (χ4n) is 1.07. The fourth-order valence-corrected chi connectivity index (χ4v) is 1.61. The van der Waals surface area contributed by atoms with Crippen LogP contribution in [0.25, 0.3) is 0 Å². The number of methoxy groups -OCH3 is 1. The van der Waals surface area contributed by atoms with Gasteiger partial charge in [0.05, 0.1) is 12.6 Å². The molecule has 1 atom stereocenters. The number of nitrogens with two attached hydrogens (primary N) is 1. The number of benzene rings is 1. The molecule has 0 saturated heterocycles. The molecule has 0 fully saturated rings. The van der Waals surface area contributed by atoms with Gasteiger partial charge < -0.3 is 10.5 Å². The van der Waals surface area contributed by atoms with E-state index in [0.717, 1.165) is 10.0 Å². The van der Waals surface area contributed by atoms with Crippen LogP contribution in [0.1, 0.15) is 11.6 Å². The van der Waals surface area contributed by atoms with Crippen molar-refractivity contribution in [2.45, 2.75) is 6.04 Å². The van der Waals surface area contributed by atoms with Crippen LogP contribution in [-0.4, -0.2) is 13.7 Å². The van der Waals surface area contributed by atoms with Gasteiger partial charge in [-0.3, -0.25) is 0 Å². The van der Waals surface area contributed by atoms with Crippen molar-refractivity contribution in [1.82, 2.24) is 0 Å². The highest BCUT2D eigenvalue weighted by Gasteiger charge is 2.10. The molecule has 0 amide bonds. The predicted molar refractivity (Wildman–Crippen MR) is 52.9 cm³/mol. The molecule has 1 aromatic carbocycles. The largest absolute Gasteiger partial charge is 0.383 e. The van der Waals surface area contributed by atoms with E-state index in [9.17, 15) is 4.39 Å². The van der Waals surface area contributed by atoms with Crippen LogP contribution in [-0.2, 0) is 4.74 Å². The van der Waals surface area contributed by atoms with Gasteiger partial charge in [0.2, 0.25) is 0 Å². The molecule has 0 aliphatic heterocycles. The van der Waals surface area contributed by atoms with Crippen LogP contribution in [0.2, 0.25) is 0 Å². The summed E-state index contributed by atoms with van der Waals surface area (Å²) in [6, 6.07) is 4.14. The molecule has 0 radical (unpaired) electrons. The molecule has 2 N–H and O–H groups in total. The maximum Gasteiger partial charge on any atom is 0.123 e. The molecule has 4 heteroatoms. The van der Waals surface area contributed by atoms with E-state index in [4.69, 9.17) is 10.5 Å². The molecule has 0 aromatic heterocycles. The molecular formula is C9H11BrFNO. The van der Waals surface area contributed by atoms with E-state index in [1.54, 1.807) is 13.2 Å². The summed E-state index contributed by atoms with van der Waals surface area (Å²) >= 11 is 3.30. The zero-order chi connectivity index (χ0) is 9.84. The Labute approximate surface area is 85.0 Å². The second kappa shape index (κ2) is 4.69. The Morgan fingerprint density at radius 2 is 2.31 bits per heavy atom. The highest BCUT2D eigenvalue weighted by Crippen LogP contribution is 2.22. The Morgan fingerprint density at radius 3 is 2.92 bits per heavy atom. The SMILES string of the molecule is COC[C@@H](N)c1cc(F)ccc1Br. The van der Waals surface area contributed by atoms with Crippen LogP contribution in [0.15, 0.2) is 22.7 Å². The first kappa shape index (κ1) is 10.6. The van der Waals surface area contributed by atoms with E-state index in [1.807, 2.05) is 0 Å². The summed E-state index contributed by atoms with van der Waals surface area (Å²) < 4.78 is 18.5. The van der Waals surface area contributed by atoms with Crippen molar-refractivity contribution in [2.24, 2.45) is 5.73 Å². The van der Waals surface area contributed by atoms with Gasteiger partial charge in [-0.2, -0.15) is 0 Å². The predicted octanol–water partition coefficient (Wildman–Crippen LogP) is 2.23. The van der Waals surface area contributed by atoms with E-state index in [0.29, 0.717) is 6.61 Å². The van der Waals surface area contributed by atoms with Crippen LogP contribution in [0.4, 0.5) is 4.39 Å². The van der Waals surface area contributed by atoms with Crippen molar-refractivity contribution in [2.75, 3.05) is 13.7 Å². The third-order valence-corrected chi connectivity index (χ3v) is 2.43. The third kappa shape index (κ3) is 2.76. The summed E-state index contributed by atoms with van der Waals surface area (Å²) in [5.41, 5.74) is 6.48. The van der Waals surface area contributed by atoms with Gasteiger partial charge in [-0.25, -0.2) is 4.39 Å². The molecule has 0 spiro atoms. The van der Waals surface area contributed by atoms with Gasteiger partial charge in [0, 0.05) is 11.6 Å². The topological polar surface area (TPSA) is 35.2 Å². The number of ether oxygens (including phenoxy) is 1. The van der Waals surface area contributed by atoms with Gasteiger partial charge in [0.15, 0.2) is 0 Å². The van der Waals surface area contributed by atoms with Gasteiger partial charge in [-0.15, -0.1) is 0 Å². The highest BCUT2D eigenvalue weighted by atomic mass is 79.9. The summed E-state index contributed by atoms with van der Waals surface area (Å²) in [4.78, 5) is 0. The molecular weight excluding hydrogens is 237 g/mol. The Hall–Kier alpha value is -0.450. The summed E-state index contributed by atoms with van der Waals surface area (Å²) in [5.74, 6) is -0.287. The van der Waals surface area contributed by atoms with Crippen LogP contribution in [0.5, 0.6) is 0 Å². The standard InChI is InChI=1S/C9H11BrFNO/c1-13-5-9(12)7-4-6(11)2-3-8(7)10/h2-4,9H,5,12H2,1H3/t9-/m1/s1. The van der Waals surface area contributed by atoms with Crippen molar-refractivity contribution in [3.63, 3.8) is 0 Å². The quantitative estimate of drug-likeness (QED) is 0.890. The van der Waals surface area contributed by atoms with Gasteiger partial charge in [-0.1, -0.05) is 15.9 Å². The van der Waals surface area contributed by atoms with Gasteiger partial charge >= 0.3 is 0 Å². The second-order valence-corrected chi connectivity index (χ2v) is 3.58. The lowest BCUT2D eigenvalue weighted by molar-refractivity contribution is 0.180. The first-order valence-electron chi connectivity index (χ1n) is 3.84. The fraction of sp³-hybridized carbons (Fsp3) is 0.333. The van der Waals surface area contributed by atoms with E-state index >= 15 is 0 Å². The van der Waals surface area contributed by atoms with Crippen LogP contribution in [0.3, 0.4) is 0 Å². The highest BCUT2D eigenvalue weighted by molar-refractivity contribution is 9.10. The smallest absolute Gasteiger partial charge is 0.123 e. The monoisotopic (exact) mass is 247 g/mol. The second-order valence-electron chi connectivity index (χ2n) is 2.73. The first-order chi connectivity index (χ1) is 6.15.